The highest BCUT2D eigenvalue weighted by atomic mass is 16.3. The van der Waals surface area contributed by atoms with E-state index in [4.69, 9.17) is 0 Å². The van der Waals surface area contributed by atoms with Gasteiger partial charge in [0.25, 0.3) is 5.95 Å². The van der Waals surface area contributed by atoms with Crippen LogP contribution >= 0.6 is 0 Å². The van der Waals surface area contributed by atoms with Crippen LogP contribution in [0.3, 0.4) is 0 Å². The number of para-hydroxylation sites is 1. The average Bonchev–Trinajstić information content (AvgIpc) is 3.15. The summed E-state index contributed by atoms with van der Waals surface area (Å²) >= 11 is 0. The molecule has 0 aliphatic carbocycles. The van der Waals surface area contributed by atoms with Crippen molar-refractivity contribution in [3.8, 4) is 5.75 Å². The predicted molar refractivity (Wildman–Crippen MR) is 117 cm³/mol. The molecule has 6 rings (SSSR count). The van der Waals surface area contributed by atoms with Crippen molar-refractivity contribution < 1.29 is 5.11 Å². The number of hydrogen-bond acceptors (Lipinski definition) is 7. The van der Waals surface area contributed by atoms with Crippen molar-refractivity contribution in [3.05, 3.63) is 47.0 Å². The first-order chi connectivity index (χ1) is 14.8. The summed E-state index contributed by atoms with van der Waals surface area (Å²) in [6.07, 6.45) is 5.80. The van der Waals surface area contributed by atoms with Crippen LogP contribution in [-0.2, 0) is 12.8 Å². The standard InChI is InChI=1S/C22H21N7O/c30-20-14(11-13-5-3-9-29-10-4-7-16(20)19(13)29)12-23-27-22-25-21-18(26-28-22)15-6-1-2-8-17(15)24-21/h1-2,6,8,11-12,30H,3-5,7,9-10H2,(H2,24,25,27,28)/b23-12+. The second-order valence-corrected chi connectivity index (χ2v) is 7.87. The van der Waals surface area contributed by atoms with E-state index in [-0.39, 0.29) is 0 Å². The molecule has 2 aromatic heterocycles. The summed E-state index contributed by atoms with van der Waals surface area (Å²) in [5.74, 6) is 0.631. The van der Waals surface area contributed by atoms with Crippen LogP contribution in [0.4, 0.5) is 11.6 Å². The highest BCUT2D eigenvalue weighted by Crippen LogP contribution is 2.41. The predicted octanol–water partition coefficient (Wildman–Crippen LogP) is 3.36. The summed E-state index contributed by atoms with van der Waals surface area (Å²) in [7, 11) is 0. The van der Waals surface area contributed by atoms with Crippen LogP contribution in [0, 0.1) is 0 Å². The summed E-state index contributed by atoms with van der Waals surface area (Å²) in [6, 6.07) is 9.95. The van der Waals surface area contributed by atoms with Crippen LogP contribution in [0.15, 0.2) is 35.4 Å². The average molecular weight is 399 g/mol. The van der Waals surface area contributed by atoms with Crippen LogP contribution in [0.5, 0.6) is 5.75 Å². The van der Waals surface area contributed by atoms with Crippen molar-refractivity contribution in [1.82, 2.24) is 20.2 Å². The Bertz CT molecular complexity index is 1310. The minimum atomic E-state index is 0.301. The van der Waals surface area contributed by atoms with Crippen molar-refractivity contribution in [2.24, 2.45) is 5.10 Å². The third kappa shape index (κ3) is 2.67. The van der Waals surface area contributed by atoms with E-state index in [2.05, 4.69) is 41.7 Å². The molecule has 2 aliphatic rings. The SMILES string of the molecule is Oc1c(/C=N/Nc2nnc3c(n2)[nH]c2ccccc23)cc2c3c1CCCN3CCC2. The lowest BCUT2D eigenvalue weighted by molar-refractivity contribution is 0.461. The molecule has 30 heavy (non-hydrogen) atoms. The number of aromatic nitrogens is 4. The van der Waals surface area contributed by atoms with Crippen molar-refractivity contribution in [2.75, 3.05) is 23.4 Å². The van der Waals surface area contributed by atoms with E-state index < -0.39 is 0 Å². The molecule has 4 aromatic rings. The number of hydrazone groups is 1. The van der Waals surface area contributed by atoms with Gasteiger partial charge in [0, 0.05) is 40.8 Å². The second-order valence-electron chi connectivity index (χ2n) is 7.87. The molecule has 3 N–H and O–H groups in total. The first kappa shape index (κ1) is 17.2. The Hall–Kier alpha value is -3.68. The molecule has 0 radical (unpaired) electrons. The van der Waals surface area contributed by atoms with E-state index in [1.165, 1.54) is 11.3 Å². The van der Waals surface area contributed by atoms with Gasteiger partial charge in [0.05, 0.1) is 6.21 Å². The Morgan fingerprint density at radius 2 is 2.00 bits per heavy atom. The molecule has 0 unspecified atom stereocenters. The normalized spacial score (nSPS) is 15.8. The first-order valence-electron chi connectivity index (χ1n) is 10.3. The Balaban J connectivity index is 1.30. The number of aryl methyl sites for hydroxylation is 1. The van der Waals surface area contributed by atoms with Crippen molar-refractivity contribution in [1.29, 1.82) is 0 Å². The number of rotatable bonds is 3. The van der Waals surface area contributed by atoms with Gasteiger partial charge in [0.1, 0.15) is 11.3 Å². The van der Waals surface area contributed by atoms with Crippen LogP contribution in [0.25, 0.3) is 22.1 Å². The zero-order valence-corrected chi connectivity index (χ0v) is 16.4. The highest BCUT2D eigenvalue weighted by molar-refractivity contribution is 6.03. The van der Waals surface area contributed by atoms with Gasteiger partial charge in [0.2, 0.25) is 0 Å². The smallest absolute Gasteiger partial charge is 0.265 e. The molecule has 0 fully saturated rings. The lowest BCUT2D eigenvalue weighted by atomic mass is 9.89. The third-order valence-electron chi connectivity index (χ3n) is 6.01. The van der Waals surface area contributed by atoms with E-state index in [1.54, 1.807) is 6.21 Å². The number of nitrogens with one attached hydrogen (secondary N) is 2. The molecular formula is C22H21N7O. The number of hydrogen-bond donors (Lipinski definition) is 3. The summed E-state index contributed by atoms with van der Waals surface area (Å²) in [6.45, 7) is 2.16. The topological polar surface area (TPSA) is 102 Å². The number of H-pyrrole nitrogens is 1. The number of benzene rings is 2. The van der Waals surface area contributed by atoms with E-state index >= 15 is 0 Å². The minimum absolute atomic E-state index is 0.301. The molecule has 0 amide bonds. The van der Waals surface area contributed by atoms with Gasteiger partial charge in [-0.05, 0) is 43.4 Å². The molecule has 2 aromatic carbocycles. The van der Waals surface area contributed by atoms with E-state index in [9.17, 15) is 5.11 Å². The maximum Gasteiger partial charge on any atom is 0.265 e. The third-order valence-corrected chi connectivity index (χ3v) is 6.01. The Morgan fingerprint density at radius 1 is 1.13 bits per heavy atom. The molecule has 150 valence electrons. The number of aromatic hydroxyl groups is 1. The van der Waals surface area contributed by atoms with Gasteiger partial charge in [-0.3, -0.25) is 0 Å². The quantitative estimate of drug-likeness (QED) is 0.361. The fourth-order valence-corrected chi connectivity index (χ4v) is 4.69. The lowest BCUT2D eigenvalue weighted by Gasteiger charge is -2.37. The van der Waals surface area contributed by atoms with Gasteiger partial charge in [-0.1, -0.05) is 18.2 Å². The number of nitrogens with zero attached hydrogens (tertiary/aromatic N) is 5. The number of phenols is 1. The fraction of sp³-hybridized carbons (Fsp3) is 0.273. The summed E-state index contributed by atoms with van der Waals surface area (Å²) < 4.78 is 0. The number of fused-ring (bicyclic) bond motifs is 3. The monoisotopic (exact) mass is 399 g/mol. The minimum Gasteiger partial charge on any atom is -0.507 e. The molecular weight excluding hydrogens is 378 g/mol. The van der Waals surface area contributed by atoms with Crippen molar-refractivity contribution in [2.45, 2.75) is 25.7 Å². The molecule has 4 heterocycles. The molecule has 2 aliphatic heterocycles. The summed E-state index contributed by atoms with van der Waals surface area (Å²) in [4.78, 5) is 10.1. The zero-order chi connectivity index (χ0) is 20.1. The highest BCUT2D eigenvalue weighted by Gasteiger charge is 2.27. The number of aromatic amines is 1. The zero-order valence-electron chi connectivity index (χ0n) is 16.4. The lowest BCUT2D eigenvalue weighted by Crippen LogP contribution is -2.34. The van der Waals surface area contributed by atoms with Gasteiger partial charge in [-0.2, -0.15) is 10.1 Å². The van der Waals surface area contributed by atoms with Gasteiger partial charge in [-0.15, -0.1) is 10.2 Å². The first-order valence-corrected chi connectivity index (χ1v) is 10.3. The van der Waals surface area contributed by atoms with Crippen LogP contribution in [-0.4, -0.2) is 44.6 Å². The van der Waals surface area contributed by atoms with E-state index in [0.717, 1.165) is 66.3 Å². The molecule has 0 spiro atoms. The Kier molecular flexibility index (Phi) is 3.83. The van der Waals surface area contributed by atoms with E-state index in [0.29, 0.717) is 17.3 Å². The maximum atomic E-state index is 10.8. The van der Waals surface area contributed by atoms with Crippen molar-refractivity contribution >= 4 is 39.9 Å². The molecule has 0 saturated carbocycles. The van der Waals surface area contributed by atoms with Gasteiger partial charge >= 0.3 is 0 Å². The van der Waals surface area contributed by atoms with Crippen LogP contribution in [0.2, 0.25) is 0 Å². The number of phenolic OH excluding ortho intramolecular Hbond substituents is 1. The maximum absolute atomic E-state index is 10.8. The van der Waals surface area contributed by atoms with Gasteiger partial charge in [0.15, 0.2) is 5.65 Å². The van der Waals surface area contributed by atoms with Gasteiger partial charge < -0.3 is 15.0 Å². The summed E-state index contributed by atoms with van der Waals surface area (Å²) in [5, 5.41) is 24.5. The van der Waals surface area contributed by atoms with Gasteiger partial charge in [-0.25, -0.2) is 5.43 Å². The summed E-state index contributed by atoms with van der Waals surface area (Å²) in [5.41, 5.74) is 9.52. The van der Waals surface area contributed by atoms with E-state index in [1.807, 2.05) is 24.3 Å². The van der Waals surface area contributed by atoms with Crippen LogP contribution in [0.1, 0.15) is 29.5 Å². The molecule has 8 nitrogen and oxygen atoms in total. The molecule has 0 atom stereocenters. The van der Waals surface area contributed by atoms with Crippen molar-refractivity contribution in [3.63, 3.8) is 0 Å². The van der Waals surface area contributed by atoms with Crippen LogP contribution < -0.4 is 10.3 Å². The Labute approximate surface area is 172 Å². The largest absolute Gasteiger partial charge is 0.507 e. The fourth-order valence-electron chi connectivity index (χ4n) is 4.69. The molecule has 0 saturated heterocycles. The molecule has 0 bridgehead atoms. The Morgan fingerprint density at radius 3 is 2.93 bits per heavy atom. The second kappa shape index (κ2) is 6.69. The molecule has 8 heteroatoms. The number of anilines is 2.